The Kier molecular flexibility index (Phi) is 5.28. The largest absolute Gasteiger partial charge is 0.497 e. The molecule has 0 amide bonds. The van der Waals surface area contributed by atoms with Crippen molar-refractivity contribution in [3.8, 4) is 11.5 Å². The minimum Gasteiger partial charge on any atom is -0.497 e. The number of rotatable bonds is 6. The Bertz CT molecular complexity index is 800. The van der Waals surface area contributed by atoms with Gasteiger partial charge in [0.1, 0.15) is 11.5 Å². The first-order valence-corrected chi connectivity index (χ1v) is 8.63. The predicted octanol–water partition coefficient (Wildman–Crippen LogP) is 2.80. The fraction of sp³-hybridized carbons (Fsp3) is 0.294. The van der Waals surface area contributed by atoms with Gasteiger partial charge in [-0.05, 0) is 54.8 Å². The minimum absolute atomic E-state index is 0.198. The zero-order chi connectivity index (χ0) is 17.0. The van der Waals surface area contributed by atoms with E-state index in [9.17, 15) is 8.42 Å². The number of methoxy groups -OCH3 is 2. The summed E-state index contributed by atoms with van der Waals surface area (Å²) in [6.45, 7) is 3.77. The van der Waals surface area contributed by atoms with Crippen molar-refractivity contribution in [3.05, 3.63) is 53.1 Å². The summed E-state index contributed by atoms with van der Waals surface area (Å²) in [5.41, 5.74) is 2.25. The zero-order valence-electron chi connectivity index (χ0n) is 13.7. The van der Waals surface area contributed by atoms with Gasteiger partial charge in [0.05, 0.1) is 19.1 Å². The fourth-order valence-corrected chi connectivity index (χ4v) is 3.64. The van der Waals surface area contributed by atoms with Gasteiger partial charge >= 0.3 is 0 Å². The third kappa shape index (κ3) is 4.03. The molecule has 0 heterocycles. The van der Waals surface area contributed by atoms with Gasteiger partial charge in [-0.25, -0.2) is 13.1 Å². The Morgan fingerprint density at radius 2 is 1.74 bits per heavy atom. The van der Waals surface area contributed by atoms with Crippen molar-refractivity contribution in [1.29, 1.82) is 0 Å². The first-order chi connectivity index (χ1) is 10.9. The zero-order valence-corrected chi connectivity index (χ0v) is 14.5. The van der Waals surface area contributed by atoms with Gasteiger partial charge in [0.15, 0.2) is 0 Å². The van der Waals surface area contributed by atoms with E-state index in [0.29, 0.717) is 17.1 Å². The molecular formula is C17H21NO4S. The van der Waals surface area contributed by atoms with Gasteiger partial charge in [0, 0.05) is 6.54 Å². The van der Waals surface area contributed by atoms with E-state index in [2.05, 4.69) is 4.72 Å². The van der Waals surface area contributed by atoms with Crippen molar-refractivity contribution >= 4 is 10.0 Å². The molecule has 0 radical (unpaired) electrons. The first kappa shape index (κ1) is 17.3. The molecule has 124 valence electrons. The summed E-state index contributed by atoms with van der Waals surface area (Å²) in [6, 6.07) is 10.6. The van der Waals surface area contributed by atoms with E-state index < -0.39 is 10.0 Å². The summed E-state index contributed by atoms with van der Waals surface area (Å²) >= 11 is 0. The van der Waals surface area contributed by atoms with E-state index in [1.807, 2.05) is 25.1 Å². The topological polar surface area (TPSA) is 64.6 Å². The smallest absolute Gasteiger partial charge is 0.241 e. The van der Waals surface area contributed by atoms with E-state index in [1.54, 1.807) is 39.3 Å². The number of benzene rings is 2. The highest BCUT2D eigenvalue weighted by atomic mass is 32.2. The normalized spacial score (nSPS) is 11.3. The average molecular weight is 335 g/mol. The molecule has 2 rings (SSSR count). The van der Waals surface area contributed by atoms with Crippen molar-refractivity contribution in [3.63, 3.8) is 0 Å². The lowest BCUT2D eigenvalue weighted by Crippen LogP contribution is -2.24. The predicted molar refractivity (Wildman–Crippen MR) is 89.5 cm³/mol. The molecule has 0 fully saturated rings. The van der Waals surface area contributed by atoms with Crippen LogP contribution in [0.5, 0.6) is 11.5 Å². The summed E-state index contributed by atoms with van der Waals surface area (Å²) in [7, 11) is -0.460. The van der Waals surface area contributed by atoms with Crippen LogP contribution < -0.4 is 14.2 Å². The Morgan fingerprint density at radius 3 is 2.39 bits per heavy atom. The summed E-state index contributed by atoms with van der Waals surface area (Å²) in [5.74, 6) is 1.37. The van der Waals surface area contributed by atoms with Crippen molar-refractivity contribution < 1.29 is 17.9 Å². The highest BCUT2D eigenvalue weighted by molar-refractivity contribution is 7.89. The first-order valence-electron chi connectivity index (χ1n) is 7.15. The Balaban J connectivity index is 2.23. The quantitative estimate of drug-likeness (QED) is 0.882. The van der Waals surface area contributed by atoms with Gasteiger partial charge in [-0.2, -0.15) is 0 Å². The van der Waals surface area contributed by atoms with Crippen LogP contribution in [0.25, 0.3) is 0 Å². The number of nitrogens with one attached hydrogen (secondary N) is 1. The van der Waals surface area contributed by atoms with Gasteiger partial charge in [0.2, 0.25) is 10.0 Å². The molecular weight excluding hydrogens is 314 g/mol. The van der Waals surface area contributed by atoms with Crippen molar-refractivity contribution in [2.75, 3.05) is 14.2 Å². The second-order valence-electron chi connectivity index (χ2n) is 5.26. The number of hydrogen-bond acceptors (Lipinski definition) is 4. The highest BCUT2D eigenvalue weighted by Gasteiger charge is 2.18. The Hall–Kier alpha value is -2.05. The van der Waals surface area contributed by atoms with Crippen LogP contribution in [0, 0.1) is 13.8 Å². The molecule has 0 aliphatic heterocycles. The molecule has 0 saturated carbocycles. The van der Waals surface area contributed by atoms with E-state index in [0.717, 1.165) is 11.1 Å². The molecule has 23 heavy (non-hydrogen) atoms. The molecule has 0 bridgehead atoms. The van der Waals surface area contributed by atoms with Gasteiger partial charge in [-0.1, -0.05) is 12.1 Å². The maximum Gasteiger partial charge on any atom is 0.241 e. The van der Waals surface area contributed by atoms with Crippen LogP contribution in [0.3, 0.4) is 0 Å². The van der Waals surface area contributed by atoms with E-state index in [-0.39, 0.29) is 11.4 Å². The molecule has 2 aromatic carbocycles. The molecule has 0 atom stereocenters. The van der Waals surface area contributed by atoms with Crippen LogP contribution in [0.4, 0.5) is 0 Å². The second-order valence-corrected chi connectivity index (χ2v) is 7.00. The molecule has 0 aliphatic rings. The molecule has 0 aliphatic carbocycles. The average Bonchev–Trinajstić information content (AvgIpc) is 2.54. The third-order valence-electron chi connectivity index (χ3n) is 3.58. The van der Waals surface area contributed by atoms with Gasteiger partial charge in [-0.15, -0.1) is 0 Å². The number of ether oxygens (including phenoxy) is 2. The van der Waals surface area contributed by atoms with E-state index >= 15 is 0 Å². The van der Waals surface area contributed by atoms with Gasteiger partial charge < -0.3 is 9.47 Å². The van der Waals surface area contributed by atoms with Crippen LogP contribution in [-0.4, -0.2) is 22.6 Å². The summed E-state index contributed by atoms with van der Waals surface area (Å²) in [6.07, 6.45) is 0. The molecule has 2 aromatic rings. The molecule has 5 nitrogen and oxygen atoms in total. The van der Waals surface area contributed by atoms with E-state index in [4.69, 9.17) is 9.47 Å². The van der Waals surface area contributed by atoms with Crippen LogP contribution in [0.1, 0.15) is 16.7 Å². The molecule has 6 heteroatoms. The lowest BCUT2D eigenvalue weighted by Gasteiger charge is -2.13. The van der Waals surface area contributed by atoms with E-state index in [1.165, 1.54) is 0 Å². The second kappa shape index (κ2) is 7.02. The molecule has 0 unspecified atom stereocenters. The SMILES string of the molecule is COc1cccc(CNS(=O)(=O)c2cc(C)c(OC)cc2C)c1. The van der Waals surface area contributed by atoms with Crippen molar-refractivity contribution in [1.82, 2.24) is 4.72 Å². The highest BCUT2D eigenvalue weighted by Crippen LogP contribution is 2.25. The van der Waals surface area contributed by atoms with Gasteiger partial charge in [-0.3, -0.25) is 0 Å². The maximum absolute atomic E-state index is 12.5. The number of hydrogen-bond donors (Lipinski definition) is 1. The number of sulfonamides is 1. The Morgan fingerprint density at radius 1 is 1.00 bits per heavy atom. The Labute approximate surface area is 137 Å². The monoisotopic (exact) mass is 335 g/mol. The standard InChI is InChI=1S/C17H21NO4S/c1-12-9-17(13(2)8-16(12)22-4)23(19,20)18-11-14-6-5-7-15(10-14)21-3/h5-10,18H,11H2,1-4H3. The molecule has 0 saturated heterocycles. The summed E-state index contributed by atoms with van der Waals surface area (Å²) < 4.78 is 38.1. The molecule has 1 N–H and O–H groups in total. The summed E-state index contributed by atoms with van der Waals surface area (Å²) in [5, 5.41) is 0. The fourth-order valence-electron chi connectivity index (χ4n) is 2.31. The lowest BCUT2D eigenvalue weighted by atomic mass is 10.1. The van der Waals surface area contributed by atoms with Crippen LogP contribution in [-0.2, 0) is 16.6 Å². The molecule has 0 spiro atoms. The van der Waals surface area contributed by atoms with Crippen LogP contribution >= 0.6 is 0 Å². The minimum atomic E-state index is -3.60. The number of aryl methyl sites for hydroxylation is 2. The van der Waals surface area contributed by atoms with Gasteiger partial charge in [0.25, 0.3) is 0 Å². The van der Waals surface area contributed by atoms with Crippen LogP contribution in [0.15, 0.2) is 41.3 Å². The van der Waals surface area contributed by atoms with Crippen LogP contribution in [0.2, 0.25) is 0 Å². The van der Waals surface area contributed by atoms with Crippen molar-refractivity contribution in [2.45, 2.75) is 25.3 Å². The van der Waals surface area contributed by atoms with Crippen molar-refractivity contribution in [2.24, 2.45) is 0 Å². The lowest BCUT2D eigenvalue weighted by molar-refractivity contribution is 0.411. The maximum atomic E-state index is 12.5. The molecule has 0 aromatic heterocycles. The third-order valence-corrected chi connectivity index (χ3v) is 5.13. The summed E-state index contributed by atoms with van der Waals surface area (Å²) in [4.78, 5) is 0.263.